The summed E-state index contributed by atoms with van der Waals surface area (Å²) in [6, 6.07) is 12.1. The number of carbonyl (C=O) groups excluding carboxylic acids is 1. The molecule has 5 nitrogen and oxygen atoms in total. The van der Waals surface area contributed by atoms with Crippen LogP contribution in [0.3, 0.4) is 0 Å². The van der Waals surface area contributed by atoms with Crippen molar-refractivity contribution in [2.24, 2.45) is 0 Å². The van der Waals surface area contributed by atoms with Crippen molar-refractivity contribution in [2.45, 2.75) is 6.92 Å². The van der Waals surface area contributed by atoms with Crippen LogP contribution in [0.2, 0.25) is 10.0 Å². The molecule has 0 saturated carbocycles. The second-order valence-electron chi connectivity index (χ2n) is 5.68. The molecule has 132 valence electrons. The number of aromatic amines is 1. The summed E-state index contributed by atoms with van der Waals surface area (Å²) in [7, 11) is 0. The monoisotopic (exact) mass is 388 g/mol. The number of carbonyl (C=O) groups is 2. The molecule has 0 radical (unpaired) electrons. The second-order valence-corrected chi connectivity index (χ2v) is 6.52. The number of nitrogens with one attached hydrogen (secondary N) is 2. The van der Waals surface area contributed by atoms with Gasteiger partial charge in [0.05, 0.1) is 5.02 Å². The molecule has 3 aromatic rings. The van der Waals surface area contributed by atoms with Gasteiger partial charge in [0.25, 0.3) is 5.91 Å². The first-order valence-electron chi connectivity index (χ1n) is 7.65. The number of anilines is 1. The van der Waals surface area contributed by atoms with Crippen LogP contribution in [-0.2, 0) is 4.79 Å². The van der Waals surface area contributed by atoms with E-state index in [2.05, 4.69) is 10.3 Å². The standard InChI is InChI=1S/C19H14Cl2N2O3/c1-10(18(24)22-12-5-3-2-4-6-12)7-13-16-14(21)8-11(20)9-15(16)23-17(13)19(25)26/h2-9,23H,1H3,(H,22,24)(H,25,26)/b10-7+. The average Bonchev–Trinajstić information content (AvgIpc) is 2.94. The van der Waals surface area contributed by atoms with Crippen LogP contribution in [0, 0.1) is 0 Å². The Balaban J connectivity index is 2.06. The Morgan fingerprint density at radius 3 is 2.50 bits per heavy atom. The van der Waals surface area contributed by atoms with Crippen LogP contribution in [0.25, 0.3) is 17.0 Å². The maximum atomic E-state index is 12.4. The molecule has 0 aliphatic carbocycles. The van der Waals surface area contributed by atoms with Gasteiger partial charge in [-0.2, -0.15) is 0 Å². The first-order chi connectivity index (χ1) is 12.4. The molecule has 0 bridgehead atoms. The van der Waals surface area contributed by atoms with Crippen LogP contribution in [-0.4, -0.2) is 22.0 Å². The molecule has 0 saturated heterocycles. The molecule has 1 heterocycles. The molecule has 7 heteroatoms. The molecule has 0 unspecified atom stereocenters. The summed E-state index contributed by atoms with van der Waals surface area (Å²) < 4.78 is 0. The molecule has 0 aliphatic heterocycles. The molecular weight excluding hydrogens is 375 g/mol. The van der Waals surface area contributed by atoms with E-state index in [-0.39, 0.29) is 11.6 Å². The maximum Gasteiger partial charge on any atom is 0.352 e. The fourth-order valence-corrected chi connectivity index (χ4v) is 3.21. The van der Waals surface area contributed by atoms with Crippen molar-refractivity contribution in [3.8, 4) is 0 Å². The fourth-order valence-electron chi connectivity index (χ4n) is 2.62. The lowest BCUT2D eigenvalue weighted by Gasteiger charge is -2.06. The van der Waals surface area contributed by atoms with Crippen molar-refractivity contribution in [1.29, 1.82) is 0 Å². The Hall–Kier alpha value is -2.76. The number of benzene rings is 2. The van der Waals surface area contributed by atoms with Crippen molar-refractivity contribution in [1.82, 2.24) is 4.98 Å². The van der Waals surface area contributed by atoms with Gasteiger partial charge in [0.15, 0.2) is 0 Å². The third-order valence-corrected chi connectivity index (χ3v) is 4.33. The van der Waals surface area contributed by atoms with Crippen molar-refractivity contribution in [3.63, 3.8) is 0 Å². The topological polar surface area (TPSA) is 82.2 Å². The van der Waals surface area contributed by atoms with Crippen LogP contribution < -0.4 is 5.32 Å². The molecular formula is C19H14Cl2N2O3. The maximum absolute atomic E-state index is 12.4. The molecule has 3 N–H and O–H groups in total. The van der Waals surface area contributed by atoms with Gasteiger partial charge in [-0.15, -0.1) is 0 Å². The van der Waals surface area contributed by atoms with Crippen molar-refractivity contribution >= 4 is 57.7 Å². The predicted octanol–water partition coefficient (Wildman–Crippen LogP) is 5.21. The Kier molecular flexibility index (Phi) is 5.02. The van der Waals surface area contributed by atoms with Gasteiger partial charge in [0.2, 0.25) is 0 Å². The van der Waals surface area contributed by atoms with E-state index in [1.165, 1.54) is 12.1 Å². The summed E-state index contributed by atoms with van der Waals surface area (Å²) in [5, 5.41) is 13.4. The summed E-state index contributed by atoms with van der Waals surface area (Å²) in [6.45, 7) is 1.60. The van der Waals surface area contributed by atoms with Crippen LogP contribution in [0.4, 0.5) is 5.69 Å². The Labute approximate surface area is 159 Å². The molecule has 0 aliphatic rings. The van der Waals surface area contributed by atoms with Crippen LogP contribution >= 0.6 is 23.2 Å². The number of carboxylic acid groups (broad SMARTS) is 1. The predicted molar refractivity (Wildman–Crippen MR) is 104 cm³/mol. The lowest BCUT2D eigenvalue weighted by atomic mass is 10.1. The van der Waals surface area contributed by atoms with Crippen molar-refractivity contribution in [2.75, 3.05) is 5.32 Å². The van der Waals surface area contributed by atoms with Gasteiger partial charge in [-0.3, -0.25) is 4.79 Å². The van der Waals surface area contributed by atoms with Gasteiger partial charge in [-0.25, -0.2) is 4.79 Å². The molecule has 0 atom stereocenters. The number of hydrogen-bond acceptors (Lipinski definition) is 2. The van der Waals surface area contributed by atoms with Crippen LogP contribution in [0.5, 0.6) is 0 Å². The number of aromatic carboxylic acids is 1. The average molecular weight is 389 g/mol. The number of aromatic nitrogens is 1. The molecule has 1 aromatic heterocycles. The molecule has 0 spiro atoms. The molecule has 26 heavy (non-hydrogen) atoms. The third kappa shape index (κ3) is 3.59. The highest BCUT2D eigenvalue weighted by Gasteiger charge is 2.19. The second kappa shape index (κ2) is 7.23. The number of amides is 1. The number of halogens is 2. The zero-order valence-electron chi connectivity index (χ0n) is 13.6. The number of carboxylic acids is 1. The lowest BCUT2D eigenvalue weighted by molar-refractivity contribution is -0.112. The van der Waals surface area contributed by atoms with E-state index >= 15 is 0 Å². The van der Waals surface area contributed by atoms with Crippen LogP contribution in [0.1, 0.15) is 23.0 Å². The van der Waals surface area contributed by atoms with E-state index in [1.807, 2.05) is 6.07 Å². The zero-order valence-corrected chi connectivity index (χ0v) is 15.2. The van der Waals surface area contributed by atoms with E-state index in [1.54, 1.807) is 37.3 Å². The van der Waals surface area contributed by atoms with Crippen LogP contribution in [0.15, 0.2) is 48.0 Å². The number of H-pyrrole nitrogens is 1. The minimum absolute atomic E-state index is 0.0592. The summed E-state index contributed by atoms with van der Waals surface area (Å²) in [6.07, 6.45) is 1.50. The van der Waals surface area contributed by atoms with Gasteiger partial charge in [-0.05, 0) is 37.3 Å². The Bertz CT molecular complexity index is 1040. The largest absolute Gasteiger partial charge is 0.477 e. The van der Waals surface area contributed by atoms with Gasteiger partial charge >= 0.3 is 5.97 Å². The Morgan fingerprint density at radius 1 is 1.15 bits per heavy atom. The quantitative estimate of drug-likeness (QED) is 0.536. The van der Waals surface area contributed by atoms with E-state index in [0.29, 0.717) is 37.8 Å². The first kappa shape index (κ1) is 18.0. The smallest absolute Gasteiger partial charge is 0.352 e. The number of fused-ring (bicyclic) bond motifs is 1. The molecule has 0 fully saturated rings. The number of hydrogen-bond donors (Lipinski definition) is 3. The molecule has 1 amide bonds. The molecule has 2 aromatic carbocycles. The van der Waals surface area contributed by atoms with Gasteiger partial charge in [0.1, 0.15) is 5.69 Å². The van der Waals surface area contributed by atoms with Gasteiger partial charge < -0.3 is 15.4 Å². The van der Waals surface area contributed by atoms with E-state index in [4.69, 9.17) is 23.2 Å². The summed E-state index contributed by atoms with van der Waals surface area (Å²) in [4.78, 5) is 26.8. The van der Waals surface area contributed by atoms with E-state index < -0.39 is 5.97 Å². The summed E-state index contributed by atoms with van der Waals surface area (Å²) >= 11 is 12.2. The van der Waals surface area contributed by atoms with E-state index in [9.17, 15) is 14.7 Å². The number of para-hydroxylation sites is 1. The van der Waals surface area contributed by atoms with Crippen molar-refractivity contribution in [3.05, 3.63) is 69.3 Å². The normalized spacial score (nSPS) is 11.6. The Morgan fingerprint density at radius 2 is 1.85 bits per heavy atom. The van der Waals surface area contributed by atoms with Crippen molar-refractivity contribution < 1.29 is 14.7 Å². The minimum Gasteiger partial charge on any atom is -0.477 e. The number of rotatable bonds is 4. The highest BCUT2D eigenvalue weighted by molar-refractivity contribution is 6.39. The zero-order chi connectivity index (χ0) is 18.8. The highest BCUT2D eigenvalue weighted by Crippen LogP contribution is 2.34. The minimum atomic E-state index is -1.16. The summed E-state index contributed by atoms with van der Waals surface area (Å²) in [5.74, 6) is -1.50. The fraction of sp³-hybridized carbons (Fsp3) is 0.0526. The molecule has 3 rings (SSSR count). The highest BCUT2D eigenvalue weighted by atomic mass is 35.5. The van der Waals surface area contributed by atoms with Gasteiger partial charge in [-0.1, -0.05) is 41.4 Å². The van der Waals surface area contributed by atoms with E-state index in [0.717, 1.165) is 0 Å². The van der Waals surface area contributed by atoms with Gasteiger partial charge in [0, 0.05) is 32.7 Å². The first-order valence-corrected chi connectivity index (χ1v) is 8.41. The SMILES string of the molecule is C/C(=C\c1c(C(=O)O)[nH]c2cc(Cl)cc(Cl)c12)C(=O)Nc1ccccc1. The lowest BCUT2D eigenvalue weighted by Crippen LogP contribution is -2.12. The third-order valence-electron chi connectivity index (χ3n) is 3.82. The summed E-state index contributed by atoms with van der Waals surface area (Å²) in [5.41, 5.74) is 1.74.